The molecule has 2 atom stereocenters. The number of piperazine rings is 1. The first kappa shape index (κ1) is 19.6. The Morgan fingerprint density at radius 3 is 2.59 bits per heavy atom. The first-order chi connectivity index (χ1) is 13.7. The molecule has 1 aliphatic carbocycles. The van der Waals surface area contributed by atoms with E-state index < -0.39 is 39.7 Å². The number of anilines is 2. The molecule has 1 aromatic heterocycles. The highest BCUT2D eigenvalue weighted by molar-refractivity contribution is 5.99. The van der Waals surface area contributed by atoms with Gasteiger partial charge in [-0.3, -0.25) is 4.79 Å². The van der Waals surface area contributed by atoms with Gasteiger partial charge in [0.05, 0.1) is 23.2 Å². The van der Waals surface area contributed by atoms with Crippen LogP contribution in [0, 0.1) is 11.6 Å². The van der Waals surface area contributed by atoms with Gasteiger partial charge in [0.1, 0.15) is 11.3 Å². The summed E-state index contributed by atoms with van der Waals surface area (Å²) in [5.74, 6) is -3.52. The number of hydrogen-bond donors (Lipinski definition) is 4. The van der Waals surface area contributed by atoms with Gasteiger partial charge in [-0.05, 0) is 19.8 Å². The lowest BCUT2D eigenvalue weighted by Gasteiger charge is -2.39. The summed E-state index contributed by atoms with van der Waals surface area (Å²) in [7, 11) is 0. The molecule has 5 N–H and O–H groups in total. The van der Waals surface area contributed by atoms with Crippen LogP contribution in [0.1, 0.15) is 36.2 Å². The summed E-state index contributed by atoms with van der Waals surface area (Å²) >= 11 is 0. The largest absolute Gasteiger partial charge is 0.477 e. The van der Waals surface area contributed by atoms with Crippen molar-refractivity contribution in [3.63, 3.8) is 0 Å². The van der Waals surface area contributed by atoms with Crippen molar-refractivity contribution in [2.45, 2.75) is 37.9 Å². The number of aliphatic hydroxyl groups is 1. The third-order valence-corrected chi connectivity index (χ3v) is 5.53. The van der Waals surface area contributed by atoms with E-state index in [2.05, 4.69) is 5.32 Å². The molecule has 2 heterocycles. The Kier molecular flexibility index (Phi) is 4.70. The summed E-state index contributed by atoms with van der Waals surface area (Å²) in [5, 5.41) is 21.5. The topological polar surface area (TPSA) is 121 Å². The van der Waals surface area contributed by atoms with Crippen LogP contribution in [-0.2, 0) is 0 Å². The number of nitrogens with one attached hydrogen (secondary N) is 1. The van der Waals surface area contributed by atoms with E-state index in [0.717, 1.165) is 6.20 Å². The quantitative estimate of drug-likeness (QED) is 0.558. The number of nitrogen functional groups attached to an aromatic ring is 1. The third-order valence-electron chi connectivity index (χ3n) is 5.53. The van der Waals surface area contributed by atoms with Crippen LogP contribution in [0.5, 0.6) is 0 Å². The summed E-state index contributed by atoms with van der Waals surface area (Å²) in [6.07, 6.45) is 2.51. The summed E-state index contributed by atoms with van der Waals surface area (Å²) in [6, 6.07) is -0.693. The highest BCUT2D eigenvalue weighted by Gasteiger charge is 2.34. The molecule has 0 unspecified atom stereocenters. The van der Waals surface area contributed by atoms with Crippen LogP contribution >= 0.6 is 0 Å². The van der Waals surface area contributed by atoms with Gasteiger partial charge in [-0.25, -0.2) is 13.6 Å². The zero-order chi connectivity index (χ0) is 21.0. The standard InChI is InChI=1S/C19H22F2N4O4/c1-8-4-24(5-9(7-26)23-8)17-13(20)15(22)12-16(14(17)21)25(10-2-3-10)6-11(18(12)27)19(28)29/h6,8-10,23,26H,2-5,7,22H2,1H3,(H,28,29)/t8-,9-/m1/s1. The Balaban J connectivity index is 2.01. The predicted octanol–water partition coefficient (Wildman–Crippen LogP) is 1.05. The summed E-state index contributed by atoms with van der Waals surface area (Å²) in [6.45, 7) is 2.05. The van der Waals surface area contributed by atoms with Crippen molar-refractivity contribution in [3.05, 3.63) is 33.6 Å². The molecule has 10 heteroatoms. The average Bonchev–Trinajstić information content (AvgIpc) is 3.50. The van der Waals surface area contributed by atoms with Crippen LogP contribution in [0.3, 0.4) is 0 Å². The SMILES string of the molecule is C[C@@H]1CN(c2c(F)c(N)c3c(=O)c(C(=O)O)cn(C4CC4)c3c2F)C[C@H](CO)N1. The van der Waals surface area contributed by atoms with Gasteiger partial charge in [0, 0.05) is 37.4 Å². The van der Waals surface area contributed by atoms with Crippen molar-refractivity contribution >= 4 is 28.2 Å². The Hall–Kier alpha value is -2.72. The second-order valence-electron chi connectivity index (χ2n) is 7.78. The number of fused-ring (bicyclic) bond motifs is 1. The molecule has 1 aromatic carbocycles. The molecule has 1 saturated heterocycles. The Bertz CT molecular complexity index is 1070. The minimum atomic E-state index is -1.47. The normalized spacial score (nSPS) is 22.3. The summed E-state index contributed by atoms with van der Waals surface area (Å²) in [5.41, 5.74) is 3.24. The van der Waals surface area contributed by atoms with E-state index in [-0.39, 0.29) is 49.0 Å². The third kappa shape index (κ3) is 3.12. The number of carboxylic acid groups (broad SMARTS) is 1. The molecule has 0 bridgehead atoms. The second-order valence-corrected chi connectivity index (χ2v) is 7.78. The lowest BCUT2D eigenvalue weighted by Crippen LogP contribution is -2.57. The van der Waals surface area contributed by atoms with Crippen molar-refractivity contribution in [2.75, 3.05) is 30.3 Å². The van der Waals surface area contributed by atoms with Gasteiger partial charge >= 0.3 is 5.97 Å². The molecule has 4 rings (SSSR count). The van der Waals surface area contributed by atoms with Crippen LogP contribution in [0.2, 0.25) is 0 Å². The molecule has 2 fully saturated rings. The van der Waals surface area contributed by atoms with Gasteiger partial charge < -0.3 is 30.7 Å². The van der Waals surface area contributed by atoms with Gasteiger partial charge in [0.2, 0.25) is 5.43 Å². The highest BCUT2D eigenvalue weighted by Crippen LogP contribution is 2.41. The van der Waals surface area contributed by atoms with Crippen LogP contribution < -0.4 is 21.4 Å². The van der Waals surface area contributed by atoms with Crippen molar-refractivity contribution in [3.8, 4) is 0 Å². The van der Waals surface area contributed by atoms with Crippen molar-refractivity contribution in [1.29, 1.82) is 0 Å². The summed E-state index contributed by atoms with van der Waals surface area (Å²) in [4.78, 5) is 25.6. The fourth-order valence-electron chi connectivity index (χ4n) is 4.09. The number of carboxylic acids is 1. The van der Waals surface area contributed by atoms with E-state index in [1.54, 1.807) is 0 Å². The molecule has 2 aliphatic rings. The molecule has 0 spiro atoms. The smallest absolute Gasteiger partial charge is 0.341 e. The number of nitrogens with two attached hydrogens (primary N) is 1. The second kappa shape index (κ2) is 6.96. The number of pyridine rings is 1. The number of hydrogen-bond acceptors (Lipinski definition) is 6. The molecule has 1 saturated carbocycles. The maximum atomic E-state index is 15.7. The van der Waals surface area contributed by atoms with E-state index in [4.69, 9.17) is 5.73 Å². The first-order valence-electron chi connectivity index (χ1n) is 9.45. The first-order valence-corrected chi connectivity index (χ1v) is 9.45. The minimum Gasteiger partial charge on any atom is -0.477 e. The van der Waals surface area contributed by atoms with Crippen LogP contribution in [-0.4, -0.2) is 52.5 Å². The number of aliphatic hydroxyl groups excluding tert-OH is 1. The number of rotatable bonds is 4. The summed E-state index contributed by atoms with van der Waals surface area (Å²) < 4.78 is 32.3. The lowest BCUT2D eigenvalue weighted by molar-refractivity contribution is 0.0695. The molecule has 0 amide bonds. The maximum absolute atomic E-state index is 15.7. The van der Waals surface area contributed by atoms with E-state index in [1.807, 2.05) is 6.92 Å². The van der Waals surface area contributed by atoms with Gasteiger partial charge in [0.25, 0.3) is 0 Å². The van der Waals surface area contributed by atoms with Gasteiger partial charge in [-0.15, -0.1) is 0 Å². The molecule has 1 aliphatic heterocycles. The van der Waals surface area contributed by atoms with Crippen LogP contribution in [0.4, 0.5) is 20.2 Å². The van der Waals surface area contributed by atoms with E-state index >= 15 is 8.78 Å². The molecule has 2 aromatic rings. The molecule has 0 radical (unpaired) electrons. The molecule has 8 nitrogen and oxygen atoms in total. The van der Waals surface area contributed by atoms with Crippen LogP contribution in [0.25, 0.3) is 10.9 Å². The highest BCUT2D eigenvalue weighted by atomic mass is 19.1. The molecular formula is C19H22F2N4O4. The molecule has 29 heavy (non-hydrogen) atoms. The fraction of sp³-hybridized carbons (Fsp3) is 0.474. The number of aromatic carboxylic acids is 1. The van der Waals surface area contributed by atoms with E-state index in [1.165, 1.54) is 9.47 Å². The maximum Gasteiger partial charge on any atom is 0.341 e. The molecular weight excluding hydrogens is 386 g/mol. The fourth-order valence-corrected chi connectivity index (χ4v) is 4.09. The van der Waals surface area contributed by atoms with Crippen molar-refractivity contribution in [1.82, 2.24) is 9.88 Å². The van der Waals surface area contributed by atoms with E-state index in [9.17, 15) is 19.8 Å². The average molecular weight is 408 g/mol. The van der Waals surface area contributed by atoms with Crippen molar-refractivity contribution in [2.24, 2.45) is 0 Å². The van der Waals surface area contributed by atoms with E-state index in [0.29, 0.717) is 12.8 Å². The minimum absolute atomic E-state index is 0.142. The van der Waals surface area contributed by atoms with Gasteiger partial charge in [0.15, 0.2) is 11.6 Å². The Morgan fingerprint density at radius 2 is 2.00 bits per heavy atom. The number of benzene rings is 1. The zero-order valence-corrected chi connectivity index (χ0v) is 15.8. The molecule has 156 valence electrons. The van der Waals surface area contributed by atoms with Gasteiger partial charge in [-0.2, -0.15) is 0 Å². The van der Waals surface area contributed by atoms with Crippen molar-refractivity contribution < 1.29 is 23.8 Å². The Labute approximate surface area is 164 Å². The number of halogens is 2. The zero-order valence-electron chi connectivity index (χ0n) is 15.8. The van der Waals surface area contributed by atoms with Crippen LogP contribution in [0.15, 0.2) is 11.0 Å². The number of nitrogens with zero attached hydrogens (tertiary/aromatic N) is 2. The predicted molar refractivity (Wildman–Crippen MR) is 103 cm³/mol. The lowest BCUT2D eigenvalue weighted by atomic mass is 10.0. The number of carbonyl (C=O) groups is 1. The number of aromatic nitrogens is 1. The monoisotopic (exact) mass is 408 g/mol. The Morgan fingerprint density at radius 1 is 1.31 bits per heavy atom. The van der Waals surface area contributed by atoms with Gasteiger partial charge in [-0.1, -0.05) is 0 Å².